The predicted octanol–water partition coefficient (Wildman–Crippen LogP) is 2.12. The van der Waals surface area contributed by atoms with E-state index in [9.17, 15) is 9.90 Å². The van der Waals surface area contributed by atoms with Gasteiger partial charge in [-0.25, -0.2) is 4.57 Å². The molecule has 1 aromatic heterocycles. The summed E-state index contributed by atoms with van der Waals surface area (Å²) in [5.74, 6) is 1.96. The van der Waals surface area contributed by atoms with E-state index in [1.54, 1.807) is 18.0 Å². The minimum absolute atomic E-state index is 0.0650. The lowest BCUT2D eigenvalue weighted by Crippen LogP contribution is -2.42. The number of nitrogen functional groups attached to an aromatic ring is 1. The summed E-state index contributed by atoms with van der Waals surface area (Å²) in [4.78, 5) is 17.7. The van der Waals surface area contributed by atoms with Crippen molar-refractivity contribution >= 4 is 11.6 Å². The van der Waals surface area contributed by atoms with Crippen LogP contribution in [-0.2, 0) is 11.3 Å². The number of carbonyl (C=O) groups excluding carboxylic acids is 1. The van der Waals surface area contributed by atoms with E-state index in [0.717, 1.165) is 11.3 Å². The first-order chi connectivity index (χ1) is 13.8. The molecule has 7 nitrogen and oxygen atoms in total. The summed E-state index contributed by atoms with van der Waals surface area (Å²) in [5.41, 5.74) is 8.53. The number of aromatic nitrogens is 2. The molecule has 7 heteroatoms. The zero-order valence-corrected chi connectivity index (χ0v) is 16.9. The molecular formula is C22H26N3O4+. The SMILES string of the molecule is COc1ccc([C@H]2C3=C(CC(C)(C)CC3=O)Oc3nc[n+](CCO)c(N)c32)cc1. The van der Waals surface area contributed by atoms with Crippen LogP contribution in [0.25, 0.3) is 0 Å². The Morgan fingerprint density at radius 3 is 2.69 bits per heavy atom. The monoisotopic (exact) mass is 396 g/mol. The van der Waals surface area contributed by atoms with Crippen molar-refractivity contribution < 1.29 is 23.9 Å². The van der Waals surface area contributed by atoms with Crippen molar-refractivity contribution in [1.82, 2.24) is 4.98 Å². The fourth-order valence-corrected chi connectivity index (χ4v) is 4.24. The number of Topliss-reactive ketones (excluding diaryl/α,β-unsaturated/α-hetero) is 1. The standard InChI is InChI=1S/C22H25N3O4/c1-22(2)10-15(27)18-16(11-22)29-21-19(20(23)25(8-9-26)12-24-21)17(18)13-4-6-14(28-3)7-5-13/h4-7,12,17,23,26H,8-11H2,1-3H3/p+1/t17-/m0/s1. The number of carbonyl (C=O) groups is 1. The fraction of sp³-hybridized carbons (Fsp3) is 0.409. The Morgan fingerprint density at radius 2 is 2.03 bits per heavy atom. The Balaban J connectivity index is 1.93. The fourth-order valence-electron chi connectivity index (χ4n) is 4.24. The highest BCUT2D eigenvalue weighted by Crippen LogP contribution is 2.50. The summed E-state index contributed by atoms with van der Waals surface area (Å²) in [5, 5.41) is 9.36. The third-order valence-electron chi connectivity index (χ3n) is 5.60. The minimum Gasteiger partial charge on any atom is -0.497 e. The van der Waals surface area contributed by atoms with Gasteiger partial charge in [0.15, 0.2) is 5.78 Å². The van der Waals surface area contributed by atoms with Crippen LogP contribution in [0.4, 0.5) is 5.82 Å². The lowest BCUT2D eigenvalue weighted by molar-refractivity contribution is -0.687. The van der Waals surface area contributed by atoms with E-state index < -0.39 is 0 Å². The van der Waals surface area contributed by atoms with Crippen molar-refractivity contribution in [2.45, 2.75) is 39.2 Å². The zero-order valence-electron chi connectivity index (χ0n) is 16.9. The number of nitrogens with zero attached hydrogens (tertiary/aromatic N) is 2. The number of benzene rings is 1. The number of aliphatic hydroxyl groups is 1. The maximum atomic E-state index is 13.2. The normalized spacial score (nSPS) is 20.0. The van der Waals surface area contributed by atoms with Gasteiger partial charge >= 0.3 is 5.88 Å². The number of anilines is 1. The third kappa shape index (κ3) is 3.35. The molecule has 1 aromatic carbocycles. The predicted molar refractivity (Wildman–Crippen MR) is 106 cm³/mol. The van der Waals surface area contributed by atoms with E-state index in [2.05, 4.69) is 18.8 Å². The van der Waals surface area contributed by atoms with E-state index in [4.69, 9.17) is 15.2 Å². The summed E-state index contributed by atoms with van der Waals surface area (Å²) in [6, 6.07) is 7.63. The molecule has 0 bridgehead atoms. The molecule has 2 aliphatic rings. The van der Waals surface area contributed by atoms with Crippen molar-refractivity contribution in [2.75, 3.05) is 19.5 Å². The number of ketones is 1. The molecule has 0 radical (unpaired) electrons. The number of hydrogen-bond donors (Lipinski definition) is 2. The van der Waals surface area contributed by atoms with Gasteiger partial charge in [-0.3, -0.25) is 4.79 Å². The molecule has 2 aromatic rings. The Hall–Kier alpha value is -2.93. The van der Waals surface area contributed by atoms with Gasteiger partial charge in [0.25, 0.3) is 0 Å². The lowest BCUT2D eigenvalue weighted by Gasteiger charge is -2.37. The Morgan fingerprint density at radius 1 is 1.31 bits per heavy atom. The largest absolute Gasteiger partial charge is 0.497 e. The molecule has 0 amide bonds. The second kappa shape index (κ2) is 7.15. The molecule has 2 heterocycles. The van der Waals surface area contributed by atoms with Crippen LogP contribution in [-0.4, -0.2) is 29.6 Å². The molecule has 0 fully saturated rings. The molecule has 1 aliphatic carbocycles. The third-order valence-corrected chi connectivity index (χ3v) is 5.60. The second-order valence-electron chi connectivity index (χ2n) is 8.35. The highest BCUT2D eigenvalue weighted by Gasteiger charge is 2.45. The summed E-state index contributed by atoms with van der Waals surface area (Å²) in [6.45, 7) is 4.38. The number of ether oxygens (including phenoxy) is 2. The maximum absolute atomic E-state index is 13.2. The molecule has 152 valence electrons. The van der Waals surface area contributed by atoms with Crippen molar-refractivity contribution in [1.29, 1.82) is 0 Å². The van der Waals surface area contributed by atoms with Crippen LogP contribution in [0.3, 0.4) is 0 Å². The first-order valence-electron chi connectivity index (χ1n) is 9.71. The van der Waals surface area contributed by atoms with Crippen molar-refractivity contribution in [3.63, 3.8) is 0 Å². The van der Waals surface area contributed by atoms with Crippen LogP contribution in [0.15, 0.2) is 41.9 Å². The van der Waals surface area contributed by atoms with Crippen molar-refractivity contribution in [3.05, 3.63) is 53.1 Å². The second-order valence-corrected chi connectivity index (χ2v) is 8.35. The van der Waals surface area contributed by atoms with Gasteiger partial charge in [0.2, 0.25) is 12.1 Å². The van der Waals surface area contributed by atoms with E-state index >= 15 is 0 Å². The van der Waals surface area contributed by atoms with Crippen molar-refractivity contribution in [2.24, 2.45) is 5.41 Å². The highest BCUT2D eigenvalue weighted by molar-refractivity contribution is 6.00. The Bertz CT molecular complexity index is 996. The topological polar surface area (TPSA) is 98.5 Å². The number of methoxy groups -OCH3 is 1. The molecule has 1 atom stereocenters. The smallest absolute Gasteiger partial charge is 0.305 e. The van der Waals surface area contributed by atoms with E-state index in [1.165, 1.54) is 0 Å². The van der Waals surface area contributed by atoms with Crippen molar-refractivity contribution in [3.8, 4) is 11.6 Å². The van der Waals surface area contributed by atoms with E-state index in [1.807, 2.05) is 24.3 Å². The molecule has 1 aliphatic heterocycles. The average molecular weight is 396 g/mol. The lowest BCUT2D eigenvalue weighted by atomic mass is 9.70. The van der Waals surface area contributed by atoms with Gasteiger partial charge in [-0.05, 0) is 23.1 Å². The van der Waals surface area contributed by atoms with Gasteiger partial charge in [0.05, 0.1) is 26.2 Å². The molecule has 0 spiro atoms. The summed E-state index contributed by atoms with van der Waals surface area (Å²) < 4.78 is 13.1. The number of aliphatic hydroxyl groups excluding tert-OH is 1. The molecule has 3 N–H and O–H groups in total. The molecular weight excluding hydrogens is 370 g/mol. The highest BCUT2D eigenvalue weighted by atomic mass is 16.5. The van der Waals surface area contributed by atoms with Gasteiger partial charge in [0, 0.05) is 18.4 Å². The summed E-state index contributed by atoms with van der Waals surface area (Å²) >= 11 is 0. The molecule has 4 rings (SSSR count). The number of fused-ring (bicyclic) bond motifs is 1. The van der Waals surface area contributed by atoms with Gasteiger partial charge in [-0.1, -0.05) is 31.0 Å². The number of nitrogens with two attached hydrogens (primary N) is 1. The first kappa shape index (κ1) is 19.4. The first-order valence-corrected chi connectivity index (χ1v) is 9.71. The van der Waals surface area contributed by atoms with Crippen LogP contribution in [0.5, 0.6) is 11.6 Å². The van der Waals surface area contributed by atoms with Crippen LogP contribution in [0.1, 0.15) is 43.7 Å². The maximum Gasteiger partial charge on any atom is 0.305 e. The zero-order chi connectivity index (χ0) is 20.8. The van der Waals surface area contributed by atoms with E-state index in [-0.39, 0.29) is 23.7 Å². The molecule has 29 heavy (non-hydrogen) atoms. The van der Waals surface area contributed by atoms with Crippen LogP contribution in [0.2, 0.25) is 0 Å². The average Bonchev–Trinajstić information content (AvgIpc) is 2.68. The van der Waals surface area contributed by atoms with Gasteiger partial charge in [0.1, 0.15) is 17.1 Å². The number of hydrogen-bond acceptors (Lipinski definition) is 6. The quantitative estimate of drug-likeness (QED) is 0.768. The van der Waals surface area contributed by atoms with Gasteiger partial charge < -0.3 is 20.3 Å². The summed E-state index contributed by atoms with van der Waals surface area (Å²) in [7, 11) is 1.62. The van der Waals surface area contributed by atoms with Crippen LogP contribution < -0.4 is 19.8 Å². The molecule has 0 unspecified atom stereocenters. The van der Waals surface area contributed by atoms with Gasteiger partial charge in [-0.15, -0.1) is 0 Å². The summed E-state index contributed by atoms with van der Waals surface area (Å²) in [6.07, 6.45) is 2.68. The van der Waals surface area contributed by atoms with Crippen LogP contribution >= 0.6 is 0 Å². The minimum atomic E-state index is -0.373. The van der Waals surface area contributed by atoms with Gasteiger partial charge in [-0.2, -0.15) is 0 Å². The molecule has 0 saturated heterocycles. The number of rotatable bonds is 4. The van der Waals surface area contributed by atoms with E-state index in [0.29, 0.717) is 48.0 Å². The van der Waals surface area contributed by atoms with Crippen LogP contribution in [0, 0.1) is 5.41 Å². The Kier molecular flexibility index (Phi) is 4.78. The molecule has 0 saturated carbocycles. The Labute approximate surface area is 169 Å². The number of allylic oxidation sites excluding steroid dienone is 2.